The van der Waals surface area contributed by atoms with E-state index in [9.17, 15) is 4.79 Å². The molecule has 134 valence electrons. The van der Waals surface area contributed by atoms with E-state index in [0.717, 1.165) is 16.9 Å². The molecule has 25 heavy (non-hydrogen) atoms. The second kappa shape index (κ2) is 8.56. The highest BCUT2D eigenvalue weighted by molar-refractivity contribution is 5.81. The fourth-order valence-electron chi connectivity index (χ4n) is 2.38. The van der Waals surface area contributed by atoms with Gasteiger partial charge in [-0.15, -0.1) is 0 Å². The van der Waals surface area contributed by atoms with Gasteiger partial charge in [-0.05, 0) is 69.5 Å². The number of hydrogen-bond donors (Lipinski definition) is 1. The summed E-state index contributed by atoms with van der Waals surface area (Å²) in [5.41, 5.74) is 3.42. The van der Waals surface area contributed by atoms with Crippen LogP contribution in [0.15, 0.2) is 42.5 Å². The van der Waals surface area contributed by atoms with Crippen molar-refractivity contribution < 1.29 is 14.3 Å². The fourth-order valence-corrected chi connectivity index (χ4v) is 2.38. The molecule has 4 nitrogen and oxygen atoms in total. The number of amides is 1. The van der Waals surface area contributed by atoms with Gasteiger partial charge in [0.05, 0.1) is 6.04 Å². The van der Waals surface area contributed by atoms with Crippen molar-refractivity contribution in [3.63, 3.8) is 0 Å². The van der Waals surface area contributed by atoms with Crippen LogP contribution in [-0.2, 0) is 4.79 Å². The zero-order chi connectivity index (χ0) is 18.4. The van der Waals surface area contributed by atoms with E-state index in [0.29, 0.717) is 12.4 Å². The Labute approximate surface area is 150 Å². The van der Waals surface area contributed by atoms with E-state index in [4.69, 9.17) is 9.47 Å². The molecular weight excluding hydrogens is 314 g/mol. The first kappa shape index (κ1) is 18.8. The quantitative estimate of drug-likeness (QED) is 0.829. The van der Waals surface area contributed by atoms with E-state index in [2.05, 4.69) is 5.32 Å². The van der Waals surface area contributed by atoms with Gasteiger partial charge in [0.1, 0.15) is 18.1 Å². The minimum Gasteiger partial charge on any atom is -0.491 e. The van der Waals surface area contributed by atoms with Crippen LogP contribution in [0, 0.1) is 20.8 Å². The fraction of sp³-hybridized carbons (Fsp3) is 0.381. The lowest BCUT2D eigenvalue weighted by Crippen LogP contribution is -2.43. The van der Waals surface area contributed by atoms with Crippen LogP contribution in [0.5, 0.6) is 11.5 Å². The van der Waals surface area contributed by atoms with Gasteiger partial charge in [-0.3, -0.25) is 4.79 Å². The van der Waals surface area contributed by atoms with Gasteiger partial charge < -0.3 is 14.8 Å². The highest BCUT2D eigenvalue weighted by Crippen LogP contribution is 2.18. The van der Waals surface area contributed by atoms with E-state index >= 15 is 0 Å². The van der Waals surface area contributed by atoms with Gasteiger partial charge in [0.2, 0.25) is 0 Å². The van der Waals surface area contributed by atoms with E-state index in [1.165, 1.54) is 5.56 Å². The molecule has 1 N–H and O–H groups in total. The summed E-state index contributed by atoms with van der Waals surface area (Å²) in [6, 6.07) is 13.5. The maximum atomic E-state index is 12.3. The average Bonchev–Trinajstić information content (AvgIpc) is 2.57. The van der Waals surface area contributed by atoms with Gasteiger partial charge >= 0.3 is 0 Å². The highest BCUT2D eigenvalue weighted by atomic mass is 16.5. The number of carbonyl (C=O) groups is 1. The number of aryl methyl sites for hydroxylation is 3. The summed E-state index contributed by atoms with van der Waals surface area (Å²) in [5.74, 6) is 1.39. The first-order chi connectivity index (χ1) is 11.9. The first-order valence-corrected chi connectivity index (χ1v) is 8.59. The Balaban J connectivity index is 1.83. The van der Waals surface area contributed by atoms with E-state index in [1.54, 1.807) is 6.92 Å². The Kier molecular flexibility index (Phi) is 6.45. The van der Waals surface area contributed by atoms with Crippen molar-refractivity contribution in [3.05, 3.63) is 59.2 Å². The van der Waals surface area contributed by atoms with Gasteiger partial charge in [0.15, 0.2) is 6.10 Å². The number of rotatable bonds is 7. The third kappa shape index (κ3) is 5.52. The molecule has 0 unspecified atom stereocenters. The van der Waals surface area contributed by atoms with Crippen molar-refractivity contribution in [1.82, 2.24) is 5.32 Å². The van der Waals surface area contributed by atoms with E-state index in [1.807, 2.05) is 70.2 Å². The number of ether oxygens (including phenoxy) is 2. The smallest absolute Gasteiger partial charge is 0.261 e. The topological polar surface area (TPSA) is 47.6 Å². The average molecular weight is 341 g/mol. The predicted molar refractivity (Wildman–Crippen MR) is 100 cm³/mol. The zero-order valence-electron chi connectivity index (χ0n) is 15.6. The molecule has 2 aromatic rings. The molecule has 2 aromatic carbocycles. The standard InChI is InChI=1S/C21H27NO3/c1-14-10-11-19(12-16(14)3)25-18(5)21(23)22-17(4)13-24-20-9-7-6-8-15(20)2/h6-12,17-18H,13H2,1-5H3,(H,22,23)/t17-,18-/m1/s1. The molecule has 0 heterocycles. The molecule has 0 aliphatic heterocycles. The van der Waals surface area contributed by atoms with Crippen LogP contribution in [0.2, 0.25) is 0 Å². The van der Waals surface area contributed by atoms with Crippen LogP contribution in [0.4, 0.5) is 0 Å². The third-order valence-electron chi connectivity index (χ3n) is 4.13. The zero-order valence-corrected chi connectivity index (χ0v) is 15.6. The lowest BCUT2D eigenvalue weighted by Gasteiger charge is -2.20. The number of hydrogen-bond acceptors (Lipinski definition) is 3. The Morgan fingerprint density at radius 3 is 2.40 bits per heavy atom. The molecule has 2 atom stereocenters. The molecule has 0 radical (unpaired) electrons. The summed E-state index contributed by atoms with van der Waals surface area (Å²) in [6.45, 7) is 10.1. The number of para-hydroxylation sites is 1. The Morgan fingerprint density at radius 1 is 1.00 bits per heavy atom. The predicted octanol–water partition coefficient (Wildman–Crippen LogP) is 3.96. The molecule has 2 rings (SSSR count). The van der Waals surface area contributed by atoms with Crippen molar-refractivity contribution in [2.75, 3.05) is 6.61 Å². The number of carbonyl (C=O) groups excluding carboxylic acids is 1. The minimum atomic E-state index is -0.567. The van der Waals surface area contributed by atoms with Crippen LogP contribution >= 0.6 is 0 Å². The van der Waals surface area contributed by atoms with Gasteiger partial charge in [0, 0.05) is 0 Å². The molecule has 0 fully saturated rings. The second-order valence-corrected chi connectivity index (χ2v) is 6.49. The first-order valence-electron chi connectivity index (χ1n) is 8.59. The van der Waals surface area contributed by atoms with Gasteiger partial charge in [-0.2, -0.15) is 0 Å². The van der Waals surface area contributed by atoms with Crippen LogP contribution in [0.3, 0.4) is 0 Å². The molecule has 0 aromatic heterocycles. The van der Waals surface area contributed by atoms with Crippen molar-refractivity contribution >= 4 is 5.91 Å². The molecule has 4 heteroatoms. The molecule has 0 saturated heterocycles. The molecule has 1 amide bonds. The van der Waals surface area contributed by atoms with Crippen LogP contribution in [0.25, 0.3) is 0 Å². The molecule has 0 saturated carbocycles. The minimum absolute atomic E-state index is 0.113. The maximum Gasteiger partial charge on any atom is 0.261 e. The van der Waals surface area contributed by atoms with Crippen LogP contribution in [-0.4, -0.2) is 24.7 Å². The monoisotopic (exact) mass is 341 g/mol. The molecule has 0 aliphatic rings. The largest absolute Gasteiger partial charge is 0.491 e. The molecular formula is C21H27NO3. The summed E-state index contributed by atoms with van der Waals surface area (Å²) in [7, 11) is 0. The lowest BCUT2D eigenvalue weighted by atomic mass is 10.1. The third-order valence-corrected chi connectivity index (χ3v) is 4.13. The van der Waals surface area contributed by atoms with Crippen molar-refractivity contribution in [2.24, 2.45) is 0 Å². The molecule has 0 bridgehead atoms. The lowest BCUT2D eigenvalue weighted by molar-refractivity contribution is -0.128. The molecule has 0 spiro atoms. The molecule has 0 aliphatic carbocycles. The Bertz CT molecular complexity index is 727. The SMILES string of the molecule is Cc1ccc(O[C@H](C)C(=O)N[C@H](C)COc2ccccc2C)cc1C. The van der Waals surface area contributed by atoms with E-state index < -0.39 is 6.10 Å². The summed E-state index contributed by atoms with van der Waals surface area (Å²) in [5, 5.41) is 2.93. The number of benzene rings is 2. The van der Waals surface area contributed by atoms with E-state index in [-0.39, 0.29) is 11.9 Å². The second-order valence-electron chi connectivity index (χ2n) is 6.49. The van der Waals surface area contributed by atoms with Crippen LogP contribution < -0.4 is 14.8 Å². The van der Waals surface area contributed by atoms with Crippen molar-refractivity contribution in [3.8, 4) is 11.5 Å². The van der Waals surface area contributed by atoms with Crippen molar-refractivity contribution in [1.29, 1.82) is 0 Å². The summed E-state index contributed by atoms with van der Waals surface area (Å²) in [6.07, 6.45) is -0.567. The summed E-state index contributed by atoms with van der Waals surface area (Å²) < 4.78 is 11.5. The van der Waals surface area contributed by atoms with Gasteiger partial charge in [-0.25, -0.2) is 0 Å². The summed E-state index contributed by atoms with van der Waals surface area (Å²) in [4.78, 5) is 12.3. The maximum absolute atomic E-state index is 12.3. The van der Waals surface area contributed by atoms with Gasteiger partial charge in [-0.1, -0.05) is 24.3 Å². The number of nitrogens with one attached hydrogen (secondary N) is 1. The Morgan fingerprint density at radius 2 is 1.72 bits per heavy atom. The van der Waals surface area contributed by atoms with Crippen molar-refractivity contribution in [2.45, 2.75) is 46.8 Å². The Hall–Kier alpha value is -2.49. The summed E-state index contributed by atoms with van der Waals surface area (Å²) >= 11 is 0. The van der Waals surface area contributed by atoms with Gasteiger partial charge in [0.25, 0.3) is 5.91 Å². The van der Waals surface area contributed by atoms with Crippen LogP contribution in [0.1, 0.15) is 30.5 Å². The normalized spacial score (nSPS) is 13.0. The highest BCUT2D eigenvalue weighted by Gasteiger charge is 2.17.